The molecule has 1 aliphatic carbocycles. The Kier molecular flexibility index (Phi) is 6.14. The van der Waals surface area contributed by atoms with E-state index in [4.69, 9.17) is 4.74 Å². The maximum absolute atomic E-state index is 13.6. The maximum Gasteiger partial charge on any atom is 0.407 e. The number of carbonyl (C=O) groups is 1. The number of H-pyrrole nitrogens is 1. The fourth-order valence-electron chi connectivity index (χ4n) is 3.64. The van der Waals surface area contributed by atoms with E-state index in [9.17, 15) is 9.18 Å². The van der Waals surface area contributed by atoms with Crippen LogP contribution in [0.15, 0.2) is 24.4 Å². The summed E-state index contributed by atoms with van der Waals surface area (Å²) in [4.78, 5) is 17.0. The number of benzene rings is 1. The Morgan fingerprint density at radius 1 is 1.42 bits per heavy atom. The van der Waals surface area contributed by atoms with E-state index < -0.39 is 0 Å². The second-order valence-corrected chi connectivity index (χ2v) is 6.93. The van der Waals surface area contributed by atoms with Crippen molar-refractivity contribution in [2.24, 2.45) is 5.92 Å². The molecule has 1 aromatic heterocycles. The minimum Gasteiger partial charge on any atom is -0.450 e. The Labute approximate surface area is 153 Å². The van der Waals surface area contributed by atoms with Crippen LogP contribution in [0.3, 0.4) is 0 Å². The van der Waals surface area contributed by atoms with Crippen LogP contribution in [-0.4, -0.2) is 48.8 Å². The third-order valence-electron chi connectivity index (χ3n) is 5.13. The van der Waals surface area contributed by atoms with Crippen molar-refractivity contribution in [2.45, 2.75) is 32.6 Å². The van der Waals surface area contributed by atoms with E-state index in [-0.39, 0.29) is 11.9 Å². The normalized spacial score (nSPS) is 19.1. The van der Waals surface area contributed by atoms with Crippen LogP contribution in [0.5, 0.6) is 0 Å². The Bertz CT molecular complexity index is 746. The van der Waals surface area contributed by atoms with E-state index >= 15 is 0 Å². The topological polar surface area (TPSA) is 57.4 Å². The van der Waals surface area contributed by atoms with Crippen molar-refractivity contribution in [3.63, 3.8) is 0 Å². The first-order chi connectivity index (χ1) is 12.6. The molecule has 2 atom stereocenters. The van der Waals surface area contributed by atoms with Crippen LogP contribution in [0.1, 0.15) is 38.2 Å². The molecule has 2 unspecified atom stereocenters. The number of ether oxygens (including phenoxy) is 1. The molecule has 2 N–H and O–H groups in total. The number of rotatable bonds is 9. The lowest BCUT2D eigenvalue weighted by Gasteiger charge is -2.20. The standard InChI is InChI=1S/C20H28FN3O2/c1-3-24(9-5-8-22-20(25)26-4-2)13-14-10-16(14)18-12-23-19-7-6-15(21)11-17(18)19/h6-7,11-12,14,16,23H,3-5,8-10,13H2,1-2H3,(H,22,25). The number of nitrogens with zero attached hydrogens (tertiary/aromatic N) is 1. The summed E-state index contributed by atoms with van der Waals surface area (Å²) in [6, 6.07) is 4.94. The first kappa shape index (κ1) is 18.7. The van der Waals surface area contributed by atoms with Crippen molar-refractivity contribution in [3.8, 4) is 0 Å². The van der Waals surface area contributed by atoms with Gasteiger partial charge in [0.05, 0.1) is 6.61 Å². The molecule has 142 valence electrons. The fourth-order valence-corrected chi connectivity index (χ4v) is 3.64. The molecular weight excluding hydrogens is 333 g/mol. The number of nitrogens with one attached hydrogen (secondary N) is 2. The van der Waals surface area contributed by atoms with Crippen molar-refractivity contribution in [3.05, 3.63) is 35.8 Å². The van der Waals surface area contributed by atoms with Gasteiger partial charge in [0.25, 0.3) is 0 Å². The van der Waals surface area contributed by atoms with Crippen LogP contribution in [-0.2, 0) is 4.74 Å². The monoisotopic (exact) mass is 361 g/mol. The fraction of sp³-hybridized carbons (Fsp3) is 0.550. The van der Waals surface area contributed by atoms with Gasteiger partial charge < -0.3 is 19.9 Å². The molecule has 1 amide bonds. The van der Waals surface area contributed by atoms with Gasteiger partial charge in [0.1, 0.15) is 5.82 Å². The summed E-state index contributed by atoms with van der Waals surface area (Å²) in [7, 11) is 0. The molecule has 0 aliphatic heterocycles. The van der Waals surface area contributed by atoms with Gasteiger partial charge in [-0.15, -0.1) is 0 Å². The van der Waals surface area contributed by atoms with Crippen molar-refractivity contribution in [1.29, 1.82) is 0 Å². The Morgan fingerprint density at radius 2 is 2.27 bits per heavy atom. The number of halogens is 1. The zero-order valence-corrected chi connectivity index (χ0v) is 15.6. The molecular formula is C20H28FN3O2. The first-order valence-corrected chi connectivity index (χ1v) is 9.51. The summed E-state index contributed by atoms with van der Waals surface area (Å²) in [5.74, 6) is 0.951. The average Bonchev–Trinajstić information content (AvgIpc) is 3.26. The molecule has 1 aromatic carbocycles. The van der Waals surface area contributed by atoms with Crippen LogP contribution >= 0.6 is 0 Å². The Morgan fingerprint density at radius 3 is 3.04 bits per heavy atom. The Balaban J connectivity index is 1.47. The van der Waals surface area contributed by atoms with Gasteiger partial charge in [0, 0.05) is 30.2 Å². The van der Waals surface area contributed by atoms with Crippen molar-refractivity contribution >= 4 is 17.0 Å². The van der Waals surface area contributed by atoms with E-state index in [0.717, 1.165) is 43.4 Å². The molecule has 0 saturated heterocycles. The predicted octanol–water partition coefficient (Wildman–Crippen LogP) is 3.87. The van der Waals surface area contributed by atoms with Crippen LogP contribution < -0.4 is 5.32 Å². The van der Waals surface area contributed by atoms with E-state index in [2.05, 4.69) is 22.1 Å². The summed E-state index contributed by atoms with van der Waals surface area (Å²) in [5, 5.41) is 3.77. The van der Waals surface area contributed by atoms with Gasteiger partial charge in [0.15, 0.2) is 0 Å². The predicted molar refractivity (Wildman–Crippen MR) is 101 cm³/mol. The van der Waals surface area contributed by atoms with Crippen molar-refractivity contribution in [2.75, 3.05) is 32.8 Å². The maximum atomic E-state index is 13.6. The minimum absolute atomic E-state index is 0.181. The molecule has 2 aromatic rings. The number of aromatic nitrogens is 1. The molecule has 1 aliphatic rings. The lowest BCUT2D eigenvalue weighted by atomic mass is 10.1. The molecule has 0 bridgehead atoms. The van der Waals surface area contributed by atoms with Crippen LogP contribution in [0.2, 0.25) is 0 Å². The van der Waals surface area contributed by atoms with E-state index in [1.54, 1.807) is 19.1 Å². The van der Waals surface area contributed by atoms with Crippen LogP contribution in [0.25, 0.3) is 10.9 Å². The summed E-state index contributed by atoms with van der Waals surface area (Å²) in [5.41, 5.74) is 2.24. The van der Waals surface area contributed by atoms with Crippen LogP contribution in [0, 0.1) is 11.7 Å². The molecule has 3 rings (SSSR count). The molecule has 5 nitrogen and oxygen atoms in total. The summed E-state index contributed by atoms with van der Waals surface area (Å²) in [6.45, 7) is 7.98. The highest BCUT2D eigenvalue weighted by Crippen LogP contribution is 2.49. The SMILES string of the molecule is CCOC(=O)NCCCN(CC)CC1CC1c1c[nH]c2ccc(F)cc12. The summed E-state index contributed by atoms with van der Waals surface area (Å²) in [6.07, 6.45) is 3.75. The lowest BCUT2D eigenvalue weighted by Crippen LogP contribution is -2.31. The summed E-state index contributed by atoms with van der Waals surface area (Å²) >= 11 is 0. The molecule has 1 fully saturated rings. The number of fused-ring (bicyclic) bond motifs is 1. The van der Waals surface area contributed by atoms with Gasteiger partial charge >= 0.3 is 6.09 Å². The second-order valence-electron chi connectivity index (χ2n) is 6.93. The number of amides is 1. The zero-order chi connectivity index (χ0) is 18.5. The number of hydrogen-bond acceptors (Lipinski definition) is 3. The van der Waals surface area contributed by atoms with Crippen molar-refractivity contribution in [1.82, 2.24) is 15.2 Å². The van der Waals surface area contributed by atoms with Crippen LogP contribution in [0.4, 0.5) is 9.18 Å². The largest absolute Gasteiger partial charge is 0.450 e. The highest BCUT2D eigenvalue weighted by Gasteiger charge is 2.40. The number of alkyl carbamates (subject to hydrolysis) is 1. The van der Waals surface area contributed by atoms with Gasteiger partial charge in [-0.2, -0.15) is 0 Å². The quantitative estimate of drug-likeness (QED) is 0.667. The molecule has 26 heavy (non-hydrogen) atoms. The zero-order valence-electron chi connectivity index (χ0n) is 15.6. The van der Waals surface area contributed by atoms with E-state index in [1.807, 2.05) is 6.20 Å². The van der Waals surface area contributed by atoms with Gasteiger partial charge in [-0.1, -0.05) is 6.92 Å². The third-order valence-corrected chi connectivity index (χ3v) is 5.13. The molecule has 0 spiro atoms. The second kappa shape index (κ2) is 8.54. The molecule has 1 saturated carbocycles. The van der Waals surface area contributed by atoms with Gasteiger partial charge in [0.2, 0.25) is 0 Å². The van der Waals surface area contributed by atoms with Gasteiger partial charge in [-0.05, 0) is 68.5 Å². The highest BCUT2D eigenvalue weighted by atomic mass is 19.1. The highest BCUT2D eigenvalue weighted by molar-refractivity contribution is 5.84. The van der Waals surface area contributed by atoms with E-state index in [1.165, 1.54) is 11.6 Å². The molecule has 0 radical (unpaired) electrons. The first-order valence-electron chi connectivity index (χ1n) is 9.51. The lowest BCUT2D eigenvalue weighted by molar-refractivity contribution is 0.151. The minimum atomic E-state index is -0.343. The number of carbonyl (C=O) groups excluding carboxylic acids is 1. The van der Waals surface area contributed by atoms with Gasteiger partial charge in [-0.3, -0.25) is 0 Å². The van der Waals surface area contributed by atoms with E-state index in [0.29, 0.717) is 25.0 Å². The number of hydrogen-bond donors (Lipinski definition) is 2. The molecule has 6 heteroatoms. The molecule has 1 heterocycles. The van der Waals surface area contributed by atoms with Gasteiger partial charge in [-0.25, -0.2) is 9.18 Å². The number of aromatic amines is 1. The smallest absolute Gasteiger partial charge is 0.407 e. The third kappa shape index (κ3) is 4.55. The Hall–Kier alpha value is -2.08. The summed E-state index contributed by atoms with van der Waals surface area (Å²) < 4.78 is 18.4. The average molecular weight is 361 g/mol. The van der Waals surface area contributed by atoms with Crippen molar-refractivity contribution < 1.29 is 13.9 Å².